The fourth-order valence-corrected chi connectivity index (χ4v) is 1.60. The number of nitrogens with zero attached hydrogens (tertiary/aromatic N) is 1. The molecule has 0 bridgehead atoms. The van der Waals surface area contributed by atoms with Crippen LogP contribution in [0.15, 0.2) is 35.0 Å². The summed E-state index contributed by atoms with van der Waals surface area (Å²) in [6.45, 7) is -0.0562. The molecule has 0 unspecified atom stereocenters. The Morgan fingerprint density at radius 1 is 1.40 bits per heavy atom. The molecule has 0 aliphatic rings. The van der Waals surface area contributed by atoms with Crippen LogP contribution >= 0.6 is 11.6 Å². The van der Waals surface area contributed by atoms with Gasteiger partial charge in [-0.2, -0.15) is 0 Å². The number of aliphatic hydroxyl groups is 1. The van der Waals surface area contributed by atoms with Gasteiger partial charge >= 0.3 is 0 Å². The number of aliphatic hydroxyl groups excluding tert-OH is 1. The minimum atomic E-state index is -0.0562. The number of aromatic nitrogens is 1. The van der Waals surface area contributed by atoms with Gasteiger partial charge in [0.2, 0.25) is 0 Å². The van der Waals surface area contributed by atoms with E-state index in [4.69, 9.17) is 21.2 Å². The highest BCUT2D eigenvalue weighted by Crippen LogP contribution is 2.17. The monoisotopic (exact) mass is 223 g/mol. The average molecular weight is 224 g/mol. The lowest BCUT2D eigenvalue weighted by Gasteiger charge is -1.99. The zero-order valence-corrected chi connectivity index (χ0v) is 8.74. The molecule has 0 fully saturated rings. The summed E-state index contributed by atoms with van der Waals surface area (Å²) in [6, 6.07) is 7.52. The summed E-state index contributed by atoms with van der Waals surface area (Å²) >= 11 is 5.86. The van der Waals surface area contributed by atoms with E-state index < -0.39 is 0 Å². The smallest absolute Gasteiger partial charge is 0.146 e. The SMILES string of the molecule is OCc1cnoc1Cc1cccc(Cl)c1. The lowest BCUT2D eigenvalue weighted by molar-refractivity contribution is 0.277. The molecule has 0 saturated heterocycles. The number of benzene rings is 1. The standard InChI is InChI=1S/C11H10ClNO2/c12-10-3-1-2-8(4-10)5-11-9(7-14)6-13-15-11/h1-4,6,14H,5,7H2. The third-order valence-electron chi connectivity index (χ3n) is 2.15. The first-order valence-electron chi connectivity index (χ1n) is 4.57. The van der Waals surface area contributed by atoms with Crippen molar-refractivity contribution in [1.82, 2.24) is 5.16 Å². The van der Waals surface area contributed by atoms with Crippen LogP contribution in [0.25, 0.3) is 0 Å². The van der Waals surface area contributed by atoms with E-state index in [9.17, 15) is 0 Å². The first kappa shape index (κ1) is 10.2. The summed E-state index contributed by atoms with van der Waals surface area (Å²) in [7, 11) is 0. The molecule has 1 N–H and O–H groups in total. The van der Waals surface area contributed by atoms with Crippen LogP contribution in [0.3, 0.4) is 0 Å². The topological polar surface area (TPSA) is 46.3 Å². The van der Waals surface area contributed by atoms with Crippen molar-refractivity contribution in [2.45, 2.75) is 13.0 Å². The Bertz CT molecular complexity index is 453. The highest BCUT2D eigenvalue weighted by molar-refractivity contribution is 6.30. The molecule has 2 aromatic rings. The van der Waals surface area contributed by atoms with Crippen molar-refractivity contribution in [3.05, 3.63) is 52.4 Å². The summed E-state index contributed by atoms with van der Waals surface area (Å²) in [5.41, 5.74) is 1.75. The van der Waals surface area contributed by atoms with Crippen molar-refractivity contribution in [2.24, 2.45) is 0 Å². The Kier molecular flexibility index (Phi) is 3.04. The molecule has 0 amide bonds. The normalized spacial score (nSPS) is 10.5. The Balaban J connectivity index is 2.22. The molecule has 2 rings (SSSR count). The van der Waals surface area contributed by atoms with Crippen molar-refractivity contribution < 1.29 is 9.63 Å². The first-order valence-corrected chi connectivity index (χ1v) is 4.95. The average Bonchev–Trinajstić information content (AvgIpc) is 2.65. The second-order valence-corrected chi connectivity index (χ2v) is 3.68. The third kappa shape index (κ3) is 2.37. The van der Waals surface area contributed by atoms with Gasteiger partial charge in [0.1, 0.15) is 5.76 Å². The quantitative estimate of drug-likeness (QED) is 0.869. The Labute approximate surface area is 92.3 Å². The second kappa shape index (κ2) is 4.47. The number of halogens is 1. The van der Waals surface area contributed by atoms with Crippen LogP contribution in [-0.2, 0) is 13.0 Å². The number of hydrogen-bond acceptors (Lipinski definition) is 3. The van der Waals surface area contributed by atoms with Gasteiger partial charge in [0, 0.05) is 17.0 Å². The van der Waals surface area contributed by atoms with Crippen molar-refractivity contribution in [2.75, 3.05) is 0 Å². The van der Waals surface area contributed by atoms with E-state index in [0.717, 1.165) is 11.1 Å². The van der Waals surface area contributed by atoms with Gasteiger partial charge in [-0.25, -0.2) is 0 Å². The highest BCUT2D eigenvalue weighted by atomic mass is 35.5. The van der Waals surface area contributed by atoms with Crippen LogP contribution in [0, 0.1) is 0 Å². The summed E-state index contributed by atoms with van der Waals surface area (Å²) in [4.78, 5) is 0. The predicted molar refractivity (Wildman–Crippen MR) is 56.7 cm³/mol. The molecule has 4 heteroatoms. The summed E-state index contributed by atoms with van der Waals surface area (Å²) in [5.74, 6) is 0.680. The molecule has 0 aliphatic heterocycles. The summed E-state index contributed by atoms with van der Waals surface area (Å²) < 4.78 is 5.05. The molecule has 15 heavy (non-hydrogen) atoms. The van der Waals surface area contributed by atoms with Crippen molar-refractivity contribution in [3.63, 3.8) is 0 Å². The zero-order valence-electron chi connectivity index (χ0n) is 7.98. The molecule has 0 radical (unpaired) electrons. The number of rotatable bonds is 3. The molecule has 0 aliphatic carbocycles. The van der Waals surface area contributed by atoms with E-state index in [0.29, 0.717) is 17.2 Å². The maximum absolute atomic E-state index is 9.01. The minimum Gasteiger partial charge on any atom is -0.391 e. The molecular weight excluding hydrogens is 214 g/mol. The molecule has 0 saturated carbocycles. The molecular formula is C11H10ClNO2. The maximum Gasteiger partial charge on any atom is 0.146 e. The van der Waals surface area contributed by atoms with Crippen LogP contribution in [0.1, 0.15) is 16.9 Å². The van der Waals surface area contributed by atoms with E-state index in [2.05, 4.69) is 5.16 Å². The van der Waals surface area contributed by atoms with Crippen LogP contribution in [0.4, 0.5) is 0 Å². The van der Waals surface area contributed by atoms with E-state index in [1.54, 1.807) is 0 Å². The number of hydrogen-bond donors (Lipinski definition) is 1. The van der Waals surface area contributed by atoms with E-state index in [1.165, 1.54) is 6.20 Å². The third-order valence-corrected chi connectivity index (χ3v) is 2.39. The van der Waals surface area contributed by atoms with Gasteiger partial charge < -0.3 is 9.63 Å². The Morgan fingerprint density at radius 3 is 3.00 bits per heavy atom. The second-order valence-electron chi connectivity index (χ2n) is 3.24. The molecule has 1 aromatic heterocycles. The maximum atomic E-state index is 9.01. The molecule has 3 nitrogen and oxygen atoms in total. The van der Waals surface area contributed by atoms with Gasteiger partial charge in [0.05, 0.1) is 12.8 Å². The predicted octanol–water partition coefficient (Wildman–Crippen LogP) is 2.41. The van der Waals surface area contributed by atoms with Gasteiger partial charge in [-0.15, -0.1) is 0 Å². The van der Waals surface area contributed by atoms with Crippen LogP contribution in [0.2, 0.25) is 5.02 Å². The minimum absolute atomic E-state index is 0.0562. The Morgan fingerprint density at radius 2 is 2.27 bits per heavy atom. The highest BCUT2D eigenvalue weighted by Gasteiger charge is 2.07. The zero-order chi connectivity index (χ0) is 10.7. The first-order chi connectivity index (χ1) is 7.29. The van der Waals surface area contributed by atoms with Crippen LogP contribution in [-0.4, -0.2) is 10.3 Å². The van der Waals surface area contributed by atoms with E-state index >= 15 is 0 Å². The van der Waals surface area contributed by atoms with Crippen molar-refractivity contribution in [3.8, 4) is 0 Å². The lowest BCUT2D eigenvalue weighted by atomic mass is 10.1. The van der Waals surface area contributed by atoms with Crippen LogP contribution < -0.4 is 0 Å². The fourth-order valence-electron chi connectivity index (χ4n) is 1.39. The van der Waals surface area contributed by atoms with Crippen molar-refractivity contribution >= 4 is 11.6 Å². The van der Waals surface area contributed by atoms with Gasteiger partial charge in [0.25, 0.3) is 0 Å². The fraction of sp³-hybridized carbons (Fsp3) is 0.182. The lowest BCUT2D eigenvalue weighted by Crippen LogP contribution is -1.91. The molecule has 1 aromatic carbocycles. The van der Waals surface area contributed by atoms with E-state index in [1.807, 2.05) is 24.3 Å². The van der Waals surface area contributed by atoms with Gasteiger partial charge in [-0.05, 0) is 17.7 Å². The summed E-state index contributed by atoms with van der Waals surface area (Å²) in [6.07, 6.45) is 2.12. The molecule has 78 valence electrons. The van der Waals surface area contributed by atoms with Gasteiger partial charge in [0.15, 0.2) is 0 Å². The van der Waals surface area contributed by atoms with Gasteiger partial charge in [-0.1, -0.05) is 28.9 Å². The van der Waals surface area contributed by atoms with Crippen molar-refractivity contribution in [1.29, 1.82) is 0 Å². The Hall–Kier alpha value is -1.32. The largest absolute Gasteiger partial charge is 0.391 e. The van der Waals surface area contributed by atoms with Gasteiger partial charge in [-0.3, -0.25) is 0 Å². The molecule has 1 heterocycles. The summed E-state index contributed by atoms with van der Waals surface area (Å²) in [5, 5.41) is 13.3. The van der Waals surface area contributed by atoms with E-state index in [-0.39, 0.29) is 6.61 Å². The van der Waals surface area contributed by atoms with Crippen LogP contribution in [0.5, 0.6) is 0 Å². The molecule has 0 spiro atoms. The molecule has 0 atom stereocenters.